The zero-order valence-electron chi connectivity index (χ0n) is 16.3. The third-order valence-electron chi connectivity index (χ3n) is 6.38. The van der Waals surface area contributed by atoms with Gasteiger partial charge < -0.3 is 15.5 Å². The van der Waals surface area contributed by atoms with Crippen LogP contribution >= 0.6 is 12.4 Å². The van der Waals surface area contributed by atoms with Gasteiger partial charge in [0.15, 0.2) is 0 Å². The van der Waals surface area contributed by atoms with Gasteiger partial charge in [-0.3, -0.25) is 9.59 Å². The molecule has 2 saturated heterocycles. The van der Waals surface area contributed by atoms with Crippen LogP contribution in [0.25, 0.3) is 0 Å². The molecule has 1 aliphatic carbocycles. The van der Waals surface area contributed by atoms with E-state index in [1.54, 1.807) is 0 Å². The molecule has 3 fully saturated rings. The van der Waals surface area contributed by atoms with Crippen LogP contribution in [0, 0.1) is 11.8 Å². The molecule has 0 radical (unpaired) electrons. The fourth-order valence-corrected chi connectivity index (χ4v) is 4.99. The number of halogens is 1. The highest BCUT2D eigenvalue weighted by molar-refractivity contribution is 5.85. The van der Waals surface area contributed by atoms with Crippen molar-refractivity contribution < 1.29 is 9.59 Å². The summed E-state index contributed by atoms with van der Waals surface area (Å²) in [5, 5.41) is 6.72. The molecule has 0 aromatic heterocycles. The summed E-state index contributed by atoms with van der Waals surface area (Å²) in [6, 6.07) is 0.749. The van der Waals surface area contributed by atoms with Gasteiger partial charge >= 0.3 is 0 Å². The Bertz CT molecular complexity index is 474. The molecule has 26 heavy (non-hydrogen) atoms. The van der Waals surface area contributed by atoms with Gasteiger partial charge in [-0.25, -0.2) is 0 Å². The van der Waals surface area contributed by atoms with E-state index in [0.717, 1.165) is 38.6 Å². The van der Waals surface area contributed by atoms with E-state index < -0.39 is 0 Å². The fraction of sp³-hybridized carbons (Fsp3) is 0.900. The number of piperidine rings is 1. The molecule has 0 bridgehead atoms. The molecule has 5 unspecified atom stereocenters. The monoisotopic (exact) mass is 385 g/mol. The average Bonchev–Trinajstić information content (AvgIpc) is 3.05. The van der Waals surface area contributed by atoms with Gasteiger partial charge in [-0.1, -0.05) is 26.2 Å². The molecule has 0 spiro atoms. The average molecular weight is 386 g/mol. The molecule has 2 aliphatic heterocycles. The molecule has 3 aliphatic rings. The summed E-state index contributed by atoms with van der Waals surface area (Å²) in [6.07, 6.45) is 10.00. The summed E-state index contributed by atoms with van der Waals surface area (Å²) in [7, 11) is 0. The Morgan fingerprint density at radius 3 is 2.69 bits per heavy atom. The number of hydrogen-bond donors (Lipinski definition) is 2. The first-order valence-electron chi connectivity index (χ1n) is 10.4. The highest BCUT2D eigenvalue weighted by Gasteiger charge is 2.40. The highest BCUT2D eigenvalue weighted by atomic mass is 35.5. The summed E-state index contributed by atoms with van der Waals surface area (Å²) in [4.78, 5) is 27.4. The number of likely N-dealkylation sites (tertiary alicyclic amines) is 1. The van der Waals surface area contributed by atoms with Crippen molar-refractivity contribution in [2.24, 2.45) is 11.8 Å². The number of nitrogens with one attached hydrogen (secondary N) is 2. The van der Waals surface area contributed by atoms with Gasteiger partial charge in [0.2, 0.25) is 11.8 Å². The van der Waals surface area contributed by atoms with E-state index in [2.05, 4.69) is 24.5 Å². The highest BCUT2D eigenvalue weighted by Crippen LogP contribution is 2.34. The Balaban J connectivity index is 0.00000243. The number of rotatable bonds is 5. The van der Waals surface area contributed by atoms with Crippen molar-refractivity contribution in [1.29, 1.82) is 0 Å². The van der Waals surface area contributed by atoms with Crippen LogP contribution in [-0.2, 0) is 9.59 Å². The van der Waals surface area contributed by atoms with E-state index in [1.807, 2.05) is 4.90 Å². The lowest BCUT2D eigenvalue weighted by atomic mass is 9.85. The Morgan fingerprint density at radius 2 is 1.96 bits per heavy atom. The number of carbonyl (C=O) groups excluding carboxylic acids is 2. The number of fused-ring (bicyclic) bond motifs is 1. The third-order valence-corrected chi connectivity index (χ3v) is 6.38. The second kappa shape index (κ2) is 9.93. The topological polar surface area (TPSA) is 61.4 Å². The zero-order chi connectivity index (χ0) is 17.8. The van der Waals surface area contributed by atoms with E-state index in [4.69, 9.17) is 0 Å². The second-order valence-corrected chi connectivity index (χ2v) is 8.43. The summed E-state index contributed by atoms with van der Waals surface area (Å²) in [6.45, 7) is 5.60. The fourth-order valence-electron chi connectivity index (χ4n) is 4.99. The van der Waals surface area contributed by atoms with E-state index in [1.165, 1.54) is 25.7 Å². The summed E-state index contributed by atoms with van der Waals surface area (Å²) in [5.74, 6) is 1.00. The van der Waals surface area contributed by atoms with Crippen molar-refractivity contribution in [1.82, 2.24) is 15.5 Å². The first-order chi connectivity index (χ1) is 12.1. The molecule has 5 nitrogen and oxygen atoms in total. The number of hydrogen-bond acceptors (Lipinski definition) is 3. The van der Waals surface area contributed by atoms with Crippen LogP contribution in [0.15, 0.2) is 0 Å². The Morgan fingerprint density at radius 1 is 1.19 bits per heavy atom. The lowest BCUT2D eigenvalue weighted by Gasteiger charge is -2.34. The number of amides is 2. The van der Waals surface area contributed by atoms with E-state index in [9.17, 15) is 9.59 Å². The SMILES string of the molecule is CCCC(C)NC(=O)C1CCCN(C(=O)C2CC3CCCCC3N2)C1.Cl. The van der Waals surface area contributed by atoms with E-state index in [0.29, 0.717) is 18.5 Å². The van der Waals surface area contributed by atoms with Crippen LogP contribution in [0.5, 0.6) is 0 Å². The molecular weight excluding hydrogens is 350 g/mol. The predicted octanol–water partition coefficient (Wildman–Crippen LogP) is 2.87. The van der Waals surface area contributed by atoms with Gasteiger partial charge in [0.25, 0.3) is 0 Å². The largest absolute Gasteiger partial charge is 0.353 e. The minimum atomic E-state index is -0.0410. The van der Waals surface area contributed by atoms with Crippen LogP contribution in [0.2, 0.25) is 0 Å². The number of carbonyl (C=O) groups is 2. The van der Waals surface area contributed by atoms with Crippen molar-refractivity contribution in [3.05, 3.63) is 0 Å². The van der Waals surface area contributed by atoms with Gasteiger partial charge in [0.1, 0.15) is 0 Å². The maximum Gasteiger partial charge on any atom is 0.239 e. The quantitative estimate of drug-likeness (QED) is 0.764. The van der Waals surface area contributed by atoms with Crippen molar-refractivity contribution in [3.63, 3.8) is 0 Å². The van der Waals surface area contributed by atoms with Crippen LogP contribution in [0.1, 0.15) is 71.6 Å². The zero-order valence-corrected chi connectivity index (χ0v) is 17.2. The second-order valence-electron chi connectivity index (χ2n) is 8.43. The normalized spacial score (nSPS) is 32.3. The van der Waals surface area contributed by atoms with Gasteiger partial charge in [-0.05, 0) is 51.4 Å². The first-order valence-corrected chi connectivity index (χ1v) is 10.4. The molecule has 5 atom stereocenters. The summed E-state index contributed by atoms with van der Waals surface area (Å²) < 4.78 is 0. The maximum atomic E-state index is 13.0. The standard InChI is InChI=1S/C20H35N3O2.ClH/c1-3-7-14(2)21-19(24)16-9-6-11-23(13-16)20(25)18-12-15-8-4-5-10-17(15)22-18;/h14-18,22H,3-13H2,1-2H3,(H,21,24);1H. The van der Waals surface area contributed by atoms with E-state index >= 15 is 0 Å². The minimum absolute atomic E-state index is 0. The molecule has 0 aromatic carbocycles. The smallest absolute Gasteiger partial charge is 0.239 e. The molecule has 2 N–H and O–H groups in total. The van der Waals surface area contributed by atoms with E-state index in [-0.39, 0.29) is 42.2 Å². The first kappa shape index (κ1) is 21.5. The lowest BCUT2D eigenvalue weighted by Crippen LogP contribution is -2.51. The van der Waals surface area contributed by atoms with Crippen LogP contribution < -0.4 is 10.6 Å². The Kier molecular flexibility index (Phi) is 8.21. The molecule has 0 aromatic rings. The number of nitrogens with zero attached hydrogens (tertiary/aromatic N) is 1. The molecular formula is C20H36ClN3O2. The Hall–Kier alpha value is -0.810. The molecule has 150 valence electrons. The minimum Gasteiger partial charge on any atom is -0.353 e. The van der Waals surface area contributed by atoms with Crippen LogP contribution in [0.3, 0.4) is 0 Å². The summed E-state index contributed by atoms with van der Waals surface area (Å²) >= 11 is 0. The van der Waals surface area contributed by atoms with Crippen molar-refractivity contribution in [2.45, 2.75) is 89.8 Å². The van der Waals surface area contributed by atoms with Gasteiger partial charge in [-0.15, -0.1) is 12.4 Å². The maximum absolute atomic E-state index is 13.0. The van der Waals surface area contributed by atoms with Crippen LogP contribution in [0.4, 0.5) is 0 Å². The van der Waals surface area contributed by atoms with Crippen LogP contribution in [-0.4, -0.2) is 47.9 Å². The summed E-state index contributed by atoms with van der Waals surface area (Å²) in [5.41, 5.74) is 0. The van der Waals surface area contributed by atoms with Gasteiger partial charge in [-0.2, -0.15) is 0 Å². The third kappa shape index (κ3) is 5.13. The molecule has 1 saturated carbocycles. The van der Waals surface area contributed by atoms with Crippen molar-refractivity contribution in [3.8, 4) is 0 Å². The molecule has 3 rings (SSSR count). The van der Waals surface area contributed by atoms with Crippen molar-refractivity contribution in [2.75, 3.05) is 13.1 Å². The lowest BCUT2D eigenvalue weighted by molar-refractivity contribution is -0.137. The molecule has 6 heteroatoms. The van der Waals surface area contributed by atoms with Gasteiger partial charge in [0.05, 0.1) is 12.0 Å². The van der Waals surface area contributed by atoms with Gasteiger partial charge in [0, 0.05) is 25.2 Å². The molecule has 2 amide bonds. The molecule has 2 heterocycles. The Labute approximate surface area is 164 Å². The van der Waals surface area contributed by atoms with Crippen molar-refractivity contribution >= 4 is 24.2 Å². The predicted molar refractivity (Wildman–Crippen MR) is 106 cm³/mol.